The van der Waals surface area contributed by atoms with Crippen LogP contribution in [0.4, 0.5) is 11.6 Å². The summed E-state index contributed by atoms with van der Waals surface area (Å²) in [4.78, 5) is 32.3. The number of aryl methyl sites for hydroxylation is 1. The normalized spacial score (nSPS) is 10.3. The monoisotopic (exact) mass is 390 g/mol. The van der Waals surface area contributed by atoms with Gasteiger partial charge in [-0.15, -0.1) is 0 Å². The molecule has 0 atom stereocenters. The maximum absolute atomic E-state index is 12.3. The van der Waals surface area contributed by atoms with E-state index in [4.69, 9.17) is 4.74 Å². The zero-order valence-electron chi connectivity index (χ0n) is 16.3. The van der Waals surface area contributed by atoms with E-state index >= 15 is 0 Å². The molecular formula is C22H22N4O3. The van der Waals surface area contributed by atoms with Gasteiger partial charge in [-0.25, -0.2) is 14.8 Å². The first-order valence-corrected chi connectivity index (χ1v) is 9.25. The maximum atomic E-state index is 12.3. The lowest BCUT2D eigenvalue weighted by Gasteiger charge is -2.08. The standard InChI is InChI=1S/C22H22N4O3/c1-3-29-21(28)17-7-9-19(10-8-17)26-22-24-13-18(14-25-22)20(27)23-12-16-6-4-5-15(2)11-16/h4-11,13-14H,3,12H2,1-2H3,(H,23,27)(H,24,25,26). The van der Waals surface area contributed by atoms with Crippen LogP contribution in [0.3, 0.4) is 0 Å². The van der Waals surface area contributed by atoms with Crippen molar-refractivity contribution in [1.29, 1.82) is 0 Å². The first-order valence-electron chi connectivity index (χ1n) is 9.25. The molecule has 7 heteroatoms. The van der Waals surface area contributed by atoms with Crippen molar-refractivity contribution < 1.29 is 14.3 Å². The Morgan fingerprint density at radius 1 is 1.00 bits per heavy atom. The van der Waals surface area contributed by atoms with E-state index in [0.717, 1.165) is 16.8 Å². The van der Waals surface area contributed by atoms with Gasteiger partial charge in [-0.05, 0) is 43.7 Å². The number of nitrogens with zero attached hydrogens (tertiary/aromatic N) is 2. The van der Waals surface area contributed by atoms with E-state index < -0.39 is 0 Å². The van der Waals surface area contributed by atoms with Crippen molar-refractivity contribution in [3.05, 3.63) is 83.2 Å². The minimum atomic E-state index is -0.365. The van der Waals surface area contributed by atoms with Crippen LogP contribution in [0.1, 0.15) is 38.8 Å². The number of hydrogen-bond donors (Lipinski definition) is 2. The molecule has 0 fully saturated rings. The fourth-order valence-electron chi connectivity index (χ4n) is 2.65. The van der Waals surface area contributed by atoms with Gasteiger partial charge in [-0.1, -0.05) is 29.8 Å². The van der Waals surface area contributed by atoms with Gasteiger partial charge in [0.15, 0.2) is 0 Å². The smallest absolute Gasteiger partial charge is 0.338 e. The van der Waals surface area contributed by atoms with Gasteiger partial charge in [0.1, 0.15) is 0 Å². The quantitative estimate of drug-likeness (QED) is 0.599. The second-order valence-electron chi connectivity index (χ2n) is 6.39. The van der Waals surface area contributed by atoms with Crippen LogP contribution in [0.5, 0.6) is 0 Å². The van der Waals surface area contributed by atoms with Crippen molar-refractivity contribution in [3.8, 4) is 0 Å². The van der Waals surface area contributed by atoms with Crippen molar-refractivity contribution >= 4 is 23.5 Å². The molecule has 0 saturated carbocycles. The zero-order valence-corrected chi connectivity index (χ0v) is 16.3. The number of aromatic nitrogens is 2. The van der Waals surface area contributed by atoms with Crippen LogP contribution in [0.15, 0.2) is 60.9 Å². The summed E-state index contributed by atoms with van der Waals surface area (Å²) in [6, 6.07) is 14.7. The summed E-state index contributed by atoms with van der Waals surface area (Å²) in [6.07, 6.45) is 2.93. The van der Waals surface area contributed by atoms with E-state index in [0.29, 0.717) is 30.2 Å². The second kappa shape index (κ2) is 9.45. The number of ether oxygens (including phenoxy) is 1. The summed E-state index contributed by atoms with van der Waals surface area (Å²) >= 11 is 0. The summed E-state index contributed by atoms with van der Waals surface area (Å²) in [7, 11) is 0. The molecule has 3 rings (SSSR count). The van der Waals surface area contributed by atoms with Gasteiger partial charge < -0.3 is 15.4 Å². The van der Waals surface area contributed by atoms with E-state index in [1.54, 1.807) is 31.2 Å². The van der Waals surface area contributed by atoms with E-state index in [2.05, 4.69) is 20.6 Å². The number of benzene rings is 2. The molecule has 2 N–H and O–H groups in total. The molecule has 0 saturated heterocycles. The molecule has 3 aromatic rings. The Morgan fingerprint density at radius 2 is 1.72 bits per heavy atom. The lowest BCUT2D eigenvalue weighted by Crippen LogP contribution is -2.23. The fraction of sp³-hybridized carbons (Fsp3) is 0.182. The number of nitrogens with one attached hydrogen (secondary N) is 2. The molecule has 148 valence electrons. The van der Waals surface area contributed by atoms with Crippen molar-refractivity contribution in [1.82, 2.24) is 15.3 Å². The molecule has 0 unspecified atom stereocenters. The van der Waals surface area contributed by atoms with Crippen LogP contribution in [0.2, 0.25) is 0 Å². The Labute approximate surface area is 169 Å². The molecule has 0 aliphatic carbocycles. The minimum Gasteiger partial charge on any atom is -0.462 e. The zero-order chi connectivity index (χ0) is 20.6. The molecule has 0 bridgehead atoms. The van der Waals surface area contributed by atoms with E-state index in [9.17, 15) is 9.59 Å². The largest absolute Gasteiger partial charge is 0.462 e. The van der Waals surface area contributed by atoms with Crippen LogP contribution >= 0.6 is 0 Å². The Morgan fingerprint density at radius 3 is 2.38 bits per heavy atom. The Hall–Kier alpha value is -3.74. The van der Waals surface area contributed by atoms with Crippen molar-refractivity contribution in [2.24, 2.45) is 0 Å². The predicted octanol–water partition coefficient (Wildman–Crippen LogP) is 3.64. The Bertz CT molecular complexity index is 986. The highest BCUT2D eigenvalue weighted by molar-refractivity contribution is 5.93. The van der Waals surface area contributed by atoms with Gasteiger partial charge in [0, 0.05) is 24.6 Å². The third-order valence-corrected chi connectivity index (χ3v) is 4.10. The SMILES string of the molecule is CCOC(=O)c1ccc(Nc2ncc(C(=O)NCc3cccc(C)c3)cn2)cc1. The van der Waals surface area contributed by atoms with Crippen LogP contribution in [-0.4, -0.2) is 28.5 Å². The maximum Gasteiger partial charge on any atom is 0.338 e. The highest BCUT2D eigenvalue weighted by atomic mass is 16.5. The number of rotatable bonds is 7. The number of carbonyl (C=O) groups is 2. The number of esters is 1. The summed E-state index contributed by atoms with van der Waals surface area (Å²) in [5.74, 6) is -0.253. The van der Waals surface area contributed by atoms with Crippen molar-refractivity contribution in [2.75, 3.05) is 11.9 Å². The average molecular weight is 390 g/mol. The van der Waals surface area contributed by atoms with E-state index in [-0.39, 0.29) is 11.9 Å². The highest BCUT2D eigenvalue weighted by Crippen LogP contribution is 2.14. The molecule has 0 aliphatic heterocycles. The topological polar surface area (TPSA) is 93.2 Å². The van der Waals surface area contributed by atoms with Gasteiger partial charge >= 0.3 is 5.97 Å². The first-order chi connectivity index (χ1) is 14.0. The molecule has 1 amide bonds. The van der Waals surface area contributed by atoms with Gasteiger partial charge in [-0.2, -0.15) is 0 Å². The molecule has 29 heavy (non-hydrogen) atoms. The third-order valence-electron chi connectivity index (χ3n) is 4.10. The lowest BCUT2D eigenvalue weighted by atomic mass is 10.1. The van der Waals surface area contributed by atoms with Gasteiger partial charge in [0.05, 0.1) is 17.7 Å². The molecule has 2 aromatic carbocycles. The highest BCUT2D eigenvalue weighted by Gasteiger charge is 2.09. The molecule has 0 radical (unpaired) electrons. The Kier molecular flexibility index (Phi) is 6.52. The molecule has 0 spiro atoms. The summed E-state index contributed by atoms with van der Waals surface area (Å²) < 4.78 is 4.95. The number of amides is 1. The molecule has 7 nitrogen and oxygen atoms in total. The van der Waals surface area contributed by atoms with Crippen molar-refractivity contribution in [2.45, 2.75) is 20.4 Å². The first kappa shape index (κ1) is 20.0. The molecule has 1 heterocycles. The van der Waals surface area contributed by atoms with Crippen LogP contribution in [0.25, 0.3) is 0 Å². The minimum absolute atomic E-state index is 0.239. The second-order valence-corrected chi connectivity index (χ2v) is 6.39. The average Bonchev–Trinajstić information content (AvgIpc) is 2.73. The van der Waals surface area contributed by atoms with Crippen LogP contribution < -0.4 is 10.6 Å². The van der Waals surface area contributed by atoms with Gasteiger partial charge in [-0.3, -0.25) is 4.79 Å². The van der Waals surface area contributed by atoms with Crippen LogP contribution in [0, 0.1) is 6.92 Å². The van der Waals surface area contributed by atoms with Crippen molar-refractivity contribution in [3.63, 3.8) is 0 Å². The number of carbonyl (C=O) groups excluding carboxylic acids is 2. The van der Waals surface area contributed by atoms with E-state index in [1.807, 2.05) is 31.2 Å². The molecular weight excluding hydrogens is 368 g/mol. The van der Waals surface area contributed by atoms with Gasteiger partial charge in [0.2, 0.25) is 5.95 Å². The molecule has 0 aliphatic rings. The summed E-state index contributed by atoms with van der Waals surface area (Å²) in [5.41, 5.74) is 3.74. The Balaban J connectivity index is 1.56. The number of anilines is 2. The number of hydrogen-bond acceptors (Lipinski definition) is 6. The predicted molar refractivity (Wildman–Crippen MR) is 110 cm³/mol. The van der Waals surface area contributed by atoms with Gasteiger partial charge in [0.25, 0.3) is 5.91 Å². The molecule has 1 aromatic heterocycles. The summed E-state index contributed by atoms with van der Waals surface area (Å²) in [5, 5.41) is 5.88. The van der Waals surface area contributed by atoms with Crippen LogP contribution in [-0.2, 0) is 11.3 Å². The summed E-state index contributed by atoms with van der Waals surface area (Å²) in [6.45, 7) is 4.54. The third kappa shape index (κ3) is 5.62. The lowest BCUT2D eigenvalue weighted by molar-refractivity contribution is 0.0526. The van der Waals surface area contributed by atoms with E-state index in [1.165, 1.54) is 12.4 Å². The fourth-order valence-corrected chi connectivity index (χ4v) is 2.65.